The SMILES string of the molecule is C=CN=C(C=C)C(C#N)(CC)CCN(C)C.C=Cc1ccccc1-c1cc(=O)n(C2CCCCC2)cn1. The molecule has 0 aliphatic heterocycles. The molecule has 0 radical (unpaired) electrons. The summed E-state index contributed by atoms with van der Waals surface area (Å²) < 4.78 is 1.80. The lowest BCUT2D eigenvalue weighted by Crippen LogP contribution is -2.31. The van der Waals surface area contributed by atoms with Crippen LogP contribution >= 0.6 is 0 Å². The zero-order valence-corrected chi connectivity index (χ0v) is 22.7. The molecule has 1 heterocycles. The number of rotatable bonds is 10. The second-order valence-electron chi connectivity index (χ2n) is 9.60. The molecule has 1 aromatic heterocycles. The molecular weight excluding hydrogens is 458 g/mol. The van der Waals surface area contributed by atoms with E-state index in [1.165, 1.54) is 25.5 Å². The molecule has 0 N–H and O–H groups in total. The third-order valence-corrected chi connectivity index (χ3v) is 6.98. The van der Waals surface area contributed by atoms with Gasteiger partial charge in [0, 0.05) is 23.9 Å². The molecule has 0 saturated heterocycles. The maximum Gasteiger partial charge on any atom is 0.254 e. The lowest BCUT2D eigenvalue weighted by atomic mass is 9.78. The van der Waals surface area contributed by atoms with Gasteiger partial charge in [-0.2, -0.15) is 5.26 Å². The summed E-state index contributed by atoms with van der Waals surface area (Å²) >= 11 is 0. The average molecular weight is 500 g/mol. The van der Waals surface area contributed by atoms with Gasteiger partial charge in [-0.1, -0.05) is 76.3 Å². The standard InChI is InChI=1S/C18H20N2O.C13H21N3/c1-2-14-8-6-7-11-16(14)17-12-18(21)20(13-19-17)15-9-4-3-5-10-15;1-6-12(15-8-3)13(7-2,11-14)9-10-16(4)5/h2,6-8,11-13,15H,1,3-5,9-10H2;6,8H,1,3,7,9-10H2,2,4-5H3. The number of aliphatic imine (C=N–C) groups is 1. The number of benzene rings is 1. The topological polar surface area (TPSA) is 74.3 Å². The Balaban J connectivity index is 0.000000273. The first kappa shape index (κ1) is 29.7. The lowest BCUT2D eigenvalue weighted by molar-refractivity contribution is 0.343. The molecule has 1 aliphatic rings. The number of allylic oxidation sites excluding steroid dienone is 1. The van der Waals surface area contributed by atoms with E-state index in [1.54, 1.807) is 29.1 Å². The maximum atomic E-state index is 12.4. The van der Waals surface area contributed by atoms with Gasteiger partial charge in [-0.05, 0) is 58.0 Å². The van der Waals surface area contributed by atoms with E-state index in [0.717, 1.165) is 49.0 Å². The molecule has 1 fully saturated rings. The number of nitriles is 1. The molecule has 0 spiro atoms. The molecule has 6 heteroatoms. The van der Waals surface area contributed by atoms with Gasteiger partial charge in [0.1, 0.15) is 5.41 Å². The predicted molar refractivity (Wildman–Crippen MR) is 155 cm³/mol. The minimum Gasteiger partial charge on any atom is -0.309 e. The first-order valence-electron chi connectivity index (χ1n) is 13.0. The average Bonchev–Trinajstić information content (AvgIpc) is 2.93. The summed E-state index contributed by atoms with van der Waals surface area (Å²) in [7, 11) is 3.99. The van der Waals surface area contributed by atoms with Crippen LogP contribution in [0.25, 0.3) is 17.3 Å². The van der Waals surface area contributed by atoms with Crippen LogP contribution in [0.1, 0.15) is 63.5 Å². The van der Waals surface area contributed by atoms with Crippen LogP contribution in [0.15, 0.2) is 78.5 Å². The van der Waals surface area contributed by atoms with Crippen LogP contribution in [0, 0.1) is 16.7 Å². The Kier molecular flexibility index (Phi) is 11.9. The van der Waals surface area contributed by atoms with E-state index in [2.05, 4.69) is 40.7 Å². The number of nitrogens with zero attached hydrogens (tertiary/aromatic N) is 5. The van der Waals surface area contributed by atoms with E-state index < -0.39 is 5.41 Å². The van der Waals surface area contributed by atoms with E-state index in [1.807, 2.05) is 45.3 Å². The van der Waals surface area contributed by atoms with Gasteiger partial charge < -0.3 is 4.90 Å². The van der Waals surface area contributed by atoms with Crippen molar-refractivity contribution < 1.29 is 0 Å². The minimum absolute atomic E-state index is 0.0470. The molecule has 1 atom stereocenters. The van der Waals surface area contributed by atoms with Crippen molar-refractivity contribution in [2.45, 2.75) is 57.9 Å². The monoisotopic (exact) mass is 499 g/mol. The first-order chi connectivity index (χ1) is 17.8. The van der Waals surface area contributed by atoms with Gasteiger partial charge in [-0.3, -0.25) is 14.4 Å². The van der Waals surface area contributed by atoms with Crippen molar-refractivity contribution in [3.63, 3.8) is 0 Å². The summed E-state index contributed by atoms with van der Waals surface area (Å²) in [4.78, 5) is 23.1. The van der Waals surface area contributed by atoms with Crippen molar-refractivity contribution in [2.24, 2.45) is 10.4 Å². The molecule has 0 amide bonds. The highest BCUT2D eigenvalue weighted by atomic mass is 16.1. The summed E-state index contributed by atoms with van der Waals surface area (Å²) in [6, 6.07) is 12.2. The quantitative estimate of drug-likeness (QED) is 0.341. The van der Waals surface area contributed by atoms with Gasteiger partial charge in [-0.15, -0.1) is 0 Å². The summed E-state index contributed by atoms with van der Waals surface area (Å²) in [6.45, 7) is 14.0. The number of aromatic nitrogens is 2. The van der Waals surface area contributed by atoms with E-state index in [0.29, 0.717) is 11.8 Å². The van der Waals surface area contributed by atoms with Gasteiger partial charge in [-0.25, -0.2) is 4.98 Å². The first-order valence-corrected chi connectivity index (χ1v) is 13.0. The summed E-state index contributed by atoms with van der Waals surface area (Å²) in [6.07, 6.45) is 14.0. The van der Waals surface area contributed by atoms with Gasteiger partial charge in [0.2, 0.25) is 0 Å². The highest BCUT2D eigenvalue weighted by molar-refractivity contribution is 6.01. The fourth-order valence-electron chi connectivity index (χ4n) is 4.66. The second-order valence-corrected chi connectivity index (χ2v) is 9.60. The summed E-state index contributed by atoms with van der Waals surface area (Å²) in [5, 5.41) is 9.39. The Morgan fingerprint density at radius 1 is 1.24 bits per heavy atom. The highest BCUT2D eigenvalue weighted by Crippen LogP contribution is 2.29. The Hall–Kier alpha value is -3.56. The van der Waals surface area contributed by atoms with Gasteiger partial charge >= 0.3 is 0 Å². The predicted octanol–water partition coefficient (Wildman–Crippen LogP) is 6.69. The van der Waals surface area contributed by atoms with Gasteiger partial charge in [0.15, 0.2) is 0 Å². The van der Waals surface area contributed by atoms with Crippen LogP contribution in [0.2, 0.25) is 0 Å². The Labute approximate surface area is 222 Å². The molecule has 1 unspecified atom stereocenters. The van der Waals surface area contributed by atoms with E-state index in [-0.39, 0.29) is 5.56 Å². The molecule has 0 bridgehead atoms. The van der Waals surface area contributed by atoms with Gasteiger partial charge in [0.05, 0.1) is 23.8 Å². The molecular formula is C31H41N5O. The smallest absolute Gasteiger partial charge is 0.254 e. The zero-order chi connectivity index (χ0) is 27.3. The highest BCUT2D eigenvalue weighted by Gasteiger charge is 2.32. The molecule has 1 aromatic carbocycles. The van der Waals surface area contributed by atoms with E-state index >= 15 is 0 Å². The van der Waals surface area contributed by atoms with Crippen LogP contribution in [-0.2, 0) is 0 Å². The van der Waals surface area contributed by atoms with Crippen molar-refractivity contribution in [3.05, 3.63) is 84.6 Å². The van der Waals surface area contributed by atoms with E-state index in [9.17, 15) is 10.1 Å². The van der Waals surface area contributed by atoms with Crippen LogP contribution in [-0.4, -0.2) is 40.8 Å². The lowest BCUT2D eigenvalue weighted by Gasteiger charge is -2.26. The molecule has 1 aliphatic carbocycles. The molecule has 196 valence electrons. The maximum absolute atomic E-state index is 12.4. The van der Waals surface area contributed by atoms with Crippen molar-refractivity contribution in [3.8, 4) is 17.3 Å². The van der Waals surface area contributed by atoms with Crippen molar-refractivity contribution >= 4 is 11.8 Å². The zero-order valence-electron chi connectivity index (χ0n) is 22.7. The Morgan fingerprint density at radius 2 is 1.95 bits per heavy atom. The van der Waals surface area contributed by atoms with Crippen molar-refractivity contribution in [2.75, 3.05) is 20.6 Å². The normalized spacial score (nSPS) is 15.6. The Bertz CT molecular complexity index is 1180. The Morgan fingerprint density at radius 3 is 2.49 bits per heavy atom. The van der Waals surface area contributed by atoms with Crippen LogP contribution in [0.3, 0.4) is 0 Å². The third-order valence-electron chi connectivity index (χ3n) is 6.98. The molecule has 2 aromatic rings. The second kappa shape index (κ2) is 14.9. The van der Waals surface area contributed by atoms with Gasteiger partial charge in [0.25, 0.3) is 5.56 Å². The van der Waals surface area contributed by atoms with Crippen molar-refractivity contribution in [1.82, 2.24) is 14.5 Å². The van der Waals surface area contributed by atoms with Crippen LogP contribution in [0.5, 0.6) is 0 Å². The third kappa shape index (κ3) is 7.96. The molecule has 6 nitrogen and oxygen atoms in total. The minimum atomic E-state index is -0.541. The molecule has 3 rings (SSSR count). The number of hydrogen-bond donors (Lipinski definition) is 0. The van der Waals surface area contributed by atoms with Crippen LogP contribution in [0.4, 0.5) is 0 Å². The number of hydrogen-bond acceptors (Lipinski definition) is 5. The molecule has 37 heavy (non-hydrogen) atoms. The van der Waals surface area contributed by atoms with E-state index in [4.69, 9.17) is 0 Å². The fourth-order valence-corrected chi connectivity index (χ4v) is 4.66. The largest absolute Gasteiger partial charge is 0.309 e. The fraction of sp³-hybridized carbons (Fsp3) is 0.419. The van der Waals surface area contributed by atoms with Crippen LogP contribution < -0.4 is 5.56 Å². The molecule has 1 saturated carbocycles. The summed E-state index contributed by atoms with van der Waals surface area (Å²) in [5.74, 6) is 0. The van der Waals surface area contributed by atoms with Crippen molar-refractivity contribution in [1.29, 1.82) is 5.26 Å². The summed E-state index contributed by atoms with van der Waals surface area (Å²) in [5.41, 5.74) is 2.91.